The summed E-state index contributed by atoms with van der Waals surface area (Å²) >= 11 is 0. The molecule has 0 unspecified atom stereocenters. The third-order valence-electron chi connectivity index (χ3n) is 1.46. The lowest BCUT2D eigenvalue weighted by Crippen LogP contribution is -2.20. The highest BCUT2D eigenvalue weighted by Gasteiger charge is 2.10. The third kappa shape index (κ3) is 2.85. The van der Waals surface area contributed by atoms with Crippen LogP contribution in [-0.2, 0) is 0 Å². The van der Waals surface area contributed by atoms with Crippen LogP contribution in [0.2, 0.25) is 0 Å². The van der Waals surface area contributed by atoms with E-state index in [1.165, 1.54) is 12.1 Å². The van der Waals surface area contributed by atoms with Crippen LogP contribution in [-0.4, -0.2) is 11.8 Å². The number of hydrogen-bond donors (Lipinski definition) is 4. The van der Waals surface area contributed by atoms with Crippen LogP contribution in [0.25, 0.3) is 0 Å². The molecular weight excluding hydrogens is 184 g/mol. The average molecular weight is 196 g/mol. The normalized spacial score (nSPS) is 8.43. The SMILES string of the molecule is NC(=O)c1ccccc1C(N)=O.NN. The molecule has 2 amide bonds. The quantitative estimate of drug-likeness (QED) is 0.345. The second kappa shape index (κ2) is 5.68. The van der Waals surface area contributed by atoms with Crippen LogP contribution in [0.5, 0.6) is 0 Å². The standard InChI is InChI=1S/C8H8N2O2.H4N2/c9-7(11)5-3-1-2-4-6(5)8(10)12;1-2/h1-4H,(H2,9,11)(H2,10,12);1-2H2. The van der Waals surface area contributed by atoms with E-state index in [2.05, 4.69) is 11.7 Å². The summed E-state index contributed by atoms with van der Waals surface area (Å²) in [6, 6.07) is 6.16. The second-order valence-electron chi connectivity index (χ2n) is 2.27. The first kappa shape index (κ1) is 12.1. The molecule has 0 aliphatic carbocycles. The number of amides is 2. The summed E-state index contributed by atoms with van der Waals surface area (Å²) in [6.07, 6.45) is 0. The van der Waals surface area contributed by atoms with Gasteiger partial charge in [0.15, 0.2) is 0 Å². The van der Waals surface area contributed by atoms with E-state index >= 15 is 0 Å². The van der Waals surface area contributed by atoms with Crippen molar-refractivity contribution in [2.75, 3.05) is 0 Å². The summed E-state index contributed by atoms with van der Waals surface area (Å²) < 4.78 is 0. The predicted octanol–water partition coefficient (Wildman–Crippen LogP) is -1.30. The number of nitrogens with two attached hydrogens (primary N) is 4. The van der Waals surface area contributed by atoms with Crippen molar-refractivity contribution in [1.82, 2.24) is 0 Å². The molecule has 0 aliphatic heterocycles. The van der Waals surface area contributed by atoms with Gasteiger partial charge in [0.05, 0.1) is 11.1 Å². The molecule has 8 N–H and O–H groups in total. The van der Waals surface area contributed by atoms with Gasteiger partial charge < -0.3 is 11.5 Å². The summed E-state index contributed by atoms with van der Waals surface area (Å²) in [5, 5.41) is 0. The molecule has 1 rings (SSSR count). The van der Waals surface area contributed by atoms with Gasteiger partial charge in [0, 0.05) is 0 Å². The predicted molar refractivity (Wildman–Crippen MR) is 51.9 cm³/mol. The van der Waals surface area contributed by atoms with Gasteiger partial charge in [-0.15, -0.1) is 0 Å². The Bertz CT molecular complexity index is 305. The highest BCUT2D eigenvalue weighted by molar-refractivity contribution is 6.06. The van der Waals surface area contributed by atoms with E-state index in [-0.39, 0.29) is 11.1 Å². The Labute approximate surface area is 80.8 Å². The first-order chi connectivity index (χ1) is 6.63. The minimum atomic E-state index is -0.649. The molecule has 1 aromatic carbocycles. The number of primary amides is 2. The van der Waals surface area contributed by atoms with Gasteiger partial charge in [0.25, 0.3) is 0 Å². The summed E-state index contributed by atoms with van der Waals surface area (Å²) in [4.78, 5) is 21.5. The highest BCUT2D eigenvalue weighted by Crippen LogP contribution is 2.06. The van der Waals surface area contributed by atoms with Crippen molar-refractivity contribution in [1.29, 1.82) is 0 Å². The monoisotopic (exact) mass is 196 g/mol. The second-order valence-corrected chi connectivity index (χ2v) is 2.27. The summed E-state index contributed by atoms with van der Waals surface area (Å²) in [5.41, 5.74) is 10.3. The van der Waals surface area contributed by atoms with Gasteiger partial charge in [-0.25, -0.2) is 0 Å². The lowest BCUT2D eigenvalue weighted by atomic mass is 10.1. The first-order valence-corrected chi connectivity index (χ1v) is 3.65. The zero-order valence-corrected chi connectivity index (χ0v) is 7.44. The first-order valence-electron chi connectivity index (χ1n) is 3.65. The van der Waals surface area contributed by atoms with Gasteiger partial charge >= 0.3 is 0 Å². The molecule has 0 radical (unpaired) electrons. The topological polar surface area (TPSA) is 138 Å². The fraction of sp³-hybridized carbons (Fsp3) is 0. The van der Waals surface area contributed by atoms with E-state index in [4.69, 9.17) is 11.5 Å². The van der Waals surface area contributed by atoms with E-state index < -0.39 is 11.8 Å². The number of hydrogen-bond acceptors (Lipinski definition) is 4. The fourth-order valence-corrected chi connectivity index (χ4v) is 0.913. The zero-order chi connectivity index (χ0) is 11.1. The van der Waals surface area contributed by atoms with Gasteiger partial charge in [-0.1, -0.05) is 12.1 Å². The number of carbonyl (C=O) groups excluding carboxylic acids is 2. The van der Waals surface area contributed by atoms with Crippen LogP contribution in [0.4, 0.5) is 0 Å². The number of benzene rings is 1. The molecule has 0 saturated carbocycles. The summed E-state index contributed by atoms with van der Waals surface area (Å²) in [7, 11) is 0. The van der Waals surface area contributed by atoms with Crippen LogP contribution in [0.3, 0.4) is 0 Å². The Balaban J connectivity index is 0.000000791. The fourth-order valence-electron chi connectivity index (χ4n) is 0.913. The van der Waals surface area contributed by atoms with Gasteiger partial charge in [-0.3, -0.25) is 21.3 Å². The largest absolute Gasteiger partial charge is 0.366 e. The zero-order valence-electron chi connectivity index (χ0n) is 7.44. The Morgan fingerprint density at radius 2 is 1.14 bits per heavy atom. The van der Waals surface area contributed by atoms with Crippen LogP contribution in [0, 0.1) is 0 Å². The molecule has 0 aliphatic rings. The summed E-state index contributed by atoms with van der Waals surface area (Å²) in [6.45, 7) is 0. The van der Waals surface area contributed by atoms with Crippen molar-refractivity contribution in [3.63, 3.8) is 0 Å². The van der Waals surface area contributed by atoms with E-state index in [9.17, 15) is 9.59 Å². The molecule has 0 heterocycles. The molecular formula is C8H12N4O2. The van der Waals surface area contributed by atoms with Crippen LogP contribution in [0.1, 0.15) is 20.7 Å². The van der Waals surface area contributed by atoms with Crippen molar-refractivity contribution in [3.05, 3.63) is 35.4 Å². The van der Waals surface area contributed by atoms with Crippen molar-refractivity contribution in [2.45, 2.75) is 0 Å². The van der Waals surface area contributed by atoms with Gasteiger partial charge in [-0.05, 0) is 12.1 Å². The molecule has 14 heavy (non-hydrogen) atoms. The lowest BCUT2D eigenvalue weighted by molar-refractivity contribution is 0.0967. The molecule has 0 atom stereocenters. The van der Waals surface area contributed by atoms with E-state index in [1.54, 1.807) is 12.1 Å². The van der Waals surface area contributed by atoms with Gasteiger partial charge in [-0.2, -0.15) is 0 Å². The smallest absolute Gasteiger partial charge is 0.249 e. The van der Waals surface area contributed by atoms with E-state index in [0.717, 1.165) is 0 Å². The minimum Gasteiger partial charge on any atom is -0.366 e. The molecule has 6 heteroatoms. The molecule has 6 nitrogen and oxygen atoms in total. The molecule has 0 bridgehead atoms. The van der Waals surface area contributed by atoms with Crippen LogP contribution >= 0.6 is 0 Å². The average Bonchev–Trinajstić information content (AvgIpc) is 2.20. The van der Waals surface area contributed by atoms with Crippen molar-refractivity contribution >= 4 is 11.8 Å². The maximum Gasteiger partial charge on any atom is 0.249 e. The molecule has 0 aromatic heterocycles. The van der Waals surface area contributed by atoms with Crippen molar-refractivity contribution < 1.29 is 9.59 Å². The van der Waals surface area contributed by atoms with Crippen molar-refractivity contribution in [2.24, 2.45) is 23.2 Å². The number of rotatable bonds is 2. The highest BCUT2D eigenvalue weighted by atomic mass is 16.2. The number of carbonyl (C=O) groups is 2. The minimum absolute atomic E-state index is 0.157. The Morgan fingerprint density at radius 3 is 1.36 bits per heavy atom. The maximum atomic E-state index is 10.7. The van der Waals surface area contributed by atoms with Crippen LogP contribution < -0.4 is 23.2 Å². The van der Waals surface area contributed by atoms with E-state index in [0.29, 0.717) is 0 Å². The molecule has 0 fully saturated rings. The maximum absolute atomic E-state index is 10.7. The molecule has 76 valence electrons. The Kier molecular flexibility index (Phi) is 4.90. The molecule has 0 saturated heterocycles. The van der Waals surface area contributed by atoms with Crippen molar-refractivity contribution in [3.8, 4) is 0 Å². The molecule has 0 spiro atoms. The Morgan fingerprint density at radius 1 is 0.857 bits per heavy atom. The summed E-state index contributed by atoms with van der Waals surface area (Å²) in [5.74, 6) is 6.70. The lowest BCUT2D eigenvalue weighted by Gasteiger charge is -2.00. The van der Waals surface area contributed by atoms with Crippen LogP contribution in [0.15, 0.2) is 24.3 Å². The number of hydrazine groups is 1. The Hall–Kier alpha value is -1.92. The van der Waals surface area contributed by atoms with E-state index in [1.807, 2.05) is 0 Å². The van der Waals surface area contributed by atoms with Gasteiger partial charge in [0.2, 0.25) is 11.8 Å². The molecule has 1 aromatic rings. The van der Waals surface area contributed by atoms with Gasteiger partial charge in [0.1, 0.15) is 0 Å². The third-order valence-corrected chi connectivity index (χ3v) is 1.46.